The zero-order valence-electron chi connectivity index (χ0n) is 6.61. The van der Waals surface area contributed by atoms with Gasteiger partial charge in [-0.3, -0.25) is 0 Å². The van der Waals surface area contributed by atoms with Gasteiger partial charge in [-0.1, -0.05) is 6.07 Å². The first-order valence-corrected chi connectivity index (χ1v) is 3.66. The molecule has 0 atom stereocenters. The number of nitrogens with one attached hydrogen (secondary N) is 1. The minimum Gasteiger partial charge on any atom is -0.507 e. The summed E-state index contributed by atoms with van der Waals surface area (Å²) in [4.78, 5) is 16.8. The maximum Gasteiger partial charge on any atom is 0.347 e. The highest BCUT2D eigenvalue weighted by Crippen LogP contribution is 2.25. The minimum absolute atomic E-state index is 0.0127. The molecule has 0 aliphatic heterocycles. The van der Waals surface area contributed by atoms with E-state index < -0.39 is 5.69 Å². The van der Waals surface area contributed by atoms with Gasteiger partial charge in [-0.15, -0.1) is 0 Å². The van der Waals surface area contributed by atoms with Crippen LogP contribution in [0.3, 0.4) is 0 Å². The Morgan fingerprint density at radius 2 is 2.23 bits per heavy atom. The summed E-state index contributed by atoms with van der Waals surface area (Å²) in [6, 6.07) is 4.75. The number of anilines is 1. The van der Waals surface area contributed by atoms with Crippen LogP contribution in [0.15, 0.2) is 23.0 Å². The van der Waals surface area contributed by atoms with E-state index in [1.165, 1.54) is 6.07 Å². The van der Waals surface area contributed by atoms with Crippen molar-refractivity contribution in [3.05, 3.63) is 28.7 Å². The molecule has 1 heterocycles. The van der Waals surface area contributed by atoms with E-state index in [2.05, 4.69) is 9.97 Å². The van der Waals surface area contributed by atoms with Gasteiger partial charge in [0.1, 0.15) is 11.6 Å². The number of phenols is 1. The second-order valence-corrected chi connectivity index (χ2v) is 2.63. The van der Waals surface area contributed by atoms with Gasteiger partial charge in [0, 0.05) is 0 Å². The molecule has 0 unspecified atom stereocenters. The highest BCUT2D eigenvalue weighted by molar-refractivity contribution is 5.92. The number of H-pyrrole nitrogens is 1. The van der Waals surface area contributed by atoms with Crippen LogP contribution in [0.5, 0.6) is 5.75 Å². The van der Waals surface area contributed by atoms with Gasteiger partial charge >= 0.3 is 5.69 Å². The van der Waals surface area contributed by atoms with Crippen molar-refractivity contribution in [1.29, 1.82) is 0 Å². The van der Waals surface area contributed by atoms with Crippen LogP contribution in [0.25, 0.3) is 10.9 Å². The fourth-order valence-corrected chi connectivity index (χ4v) is 1.22. The molecular formula is C8H7N3O2. The molecule has 2 rings (SSSR count). The summed E-state index contributed by atoms with van der Waals surface area (Å²) in [6.07, 6.45) is 0. The fraction of sp³-hybridized carbons (Fsp3) is 0. The van der Waals surface area contributed by atoms with Crippen molar-refractivity contribution >= 4 is 16.7 Å². The summed E-state index contributed by atoms with van der Waals surface area (Å²) >= 11 is 0. The molecule has 0 fully saturated rings. The van der Waals surface area contributed by atoms with Crippen LogP contribution in [-0.4, -0.2) is 15.1 Å². The first-order valence-electron chi connectivity index (χ1n) is 3.66. The Morgan fingerprint density at radius 1 is 1.46 bits per heavy atom. The van der Waals surface area contributed by atoms with Crippen LogP contribution in [0.2, 0.25) is 0 Å². The molecule has 0 aliphatic rings. The molecule has 0 bridgehead atoms. The topological polar surface area (TPSA) is 92.0 Å². The molecule has 4 N–H and O–H groups in total. The average molecular weight is 177 g/mol. The Morgan fingerprint density at radius 3 is 3.00 bits per heavy atom. The van der Waals surface area contributed by atoms with Crippen molar-refractivity contribution in [2.75, 3.05) is 5.73 Å². The zero-order valence-corrected chi connectivity index (χ0v) is 6.61. The molecule has 0 aliphatic carbocycles. The Bertz CT molecular complexity index is 518. The van der Waals surface area contributed by atoms with Crippen molar-refractivity contribution in [2.45, 2.75) is 0 Å². The van der Waals surface area contributed by atoms with Crippen LogP contribution in [-0.2, 0) is 0 Å². The second kappa shape index (κ2) is 2.48. The number of nitrogen functional groups attached to an aromatic ring is 1. The predicted octanol–water partition coefficient (Wildman–Crippen LogP) is 0.211. The lowest BCUT2D eigenvalue weighted by molar-refractivity contribution is 0.481. The van der Waals surface area contributed by atoms with Gasteiger partial charge in [0.05, 0.1) is 10.9 Å². The number of aromatic amines is 1. The molecule has 1 aromatic heterocycles. The molecule has 0 radical (unpaired) electrons. The van der Waals surface area contributed by atoms with E-state index in [0.29, 0.717) is 10.9 Å². The first-order chi connectivity index (χ1) is 6.18. The monoisotopic (exact) mass is 177 g/mol. The van der Waals surface area contributed by atoms with Gasteiger partial charge < -0.3 is 15.8 Å². The first kappa shape index (κ1) is 7.60. The summed E-state index contributed by atoms with van der Waals surface area (Å²) in [6.45, 7) is 0. The Kier molecular flexibility index (Phi) is 1.45. The van der Waals surface area contributed by atoms with Crippen molar-refractivity contribution in [3.8, 4) is 5.75 Å². The van der Waals surface area contributed by atoms with Crippen molar-refractivity contribution in [3.63, 3.8) is 0 Å². The number of nitrogens with zero attached hydrogens (tertiary/aromatic N) is 1. The van der Waals surface area contributed by atoms with Gasteiger partial charge in [-0.25, -0.2) is 4.79 Å². The number of benzene rings is 1. The van der Waals surface area contributed by atoms with E-state index in [-0.39, 0.29) is 11.6 Å². The highest BCUT2D eigenvalue weighted by atomic mass is 16.3. The third-order valence-electron chi connectivity index (χ3n) is 1.76. The van der Waals surface area contributed by atoms with E-state index in [1.54, 1.807) is 12.1 Å². The summed E-state index contributed by atoms with van der Waals surface area (Å²) in [5.74, 6) is 0.0515. The lowest BCUT2D eigenvalue weighted by atomic mass is 10.2. The summed E-state index contributed by atoms with van der Waals surface area (Å²) < 4.78 is 0. The molecule has 5 heteroatoms. The van der Waals surface area contributed by atoms with Crippen molar-refractivity contribution < 1.29 is 5.11 Å². The number of aromatic nitrogens is 2. The number of hydrogen-bond acceptors (Lipinski definition) is 4. The number of nitrogens with two attached hydrogens (primary N) is 1. The highest BCUT2D eigenvalue weighted by Gasteiger charge is 2.04. The van der Waals surface area contributed by atoms with E-state index in [9.17, 15) is 9.90 Å². The average Bonchev–Trinajstić information content (AvgIpc) is 2.02. The summed E-state index contributed by atoms with van der Waals surface area (Å²) in [5, 5.41) is 9.78. The van der Waals surface area contributed by atoms with Gasteiger partial charge in [0.25, 0.3) is 0 Å². The maximum absolute atomic E-state index is 10.9. The molecule has 0 amide bonds. The third kappa shape index (κ3) is 1.10. The second-order valence-electron chi connectivity index (χ2n) is 2.63. The van der Waals surface area contributed by atoms with Crippen molar-refractivity contribution in [2.24, 2.45) is 0 Å². The molecule has 5 nitrogen and oxygen atoms in total. The number of aromatic hydroxyl groups is 1. The fourth-order valence-electron chi connectivity index (χ4n) is 1.22. The molecule has 0 saturated heterocycles. The number of fused-ring (bicyclic) bond motifs is 1. The molecule has 0 saturated carbocycles. The number of hydrogen-bond donors (Lipinski definition) is 3. The van der Waals surface area contributed by atoms with E-state index in [4.69, 9.17) is 5.73 Å². The summed E-state index contributed by atoms with van der Waals surface area (Å²) in [5.41, 5.74) is 5.43. The van der Waals surface area contributed by atoms with Crippen LogP contribution in [0.4, 0.5) is 5.82 Å². The van der Waals surface area contributed by atoms with Gasteiger partial charge in [0.2, 0.25) is 0 Å². The minimum atomic E-state index is -0.518. The quantitative estimate of drug-likeness (QED) is 0.536. The van der Waals surface area contributed by atoms with Gasteiger partial charge in [-0.05, 0) is 12.1 Å². The van der Waals surface area contributed by atoms with Gasteiger partial charge in [0.15, 0.2) is 0 Å². The third-order valence-corrected chi connectivity index (χ3v) is 1.76. The lowest BCUT2D eigenvalue weighted by Gasteiger charge is -2.01. The normalized spacial score (nSPS) is 10.5. The zero-order chi connectivity index (χ0) is 9.42. The number of phenolic OH excluding ortho intramolecular Hbond substituents is 1. The Hall–Kier alpha value is -2.04. The smallest absolute Gasteiger partial charge is 0.347 e. The molecule has 66 valence electrons. The predicted molar refractivity (Wildman–Crippen MR) is 48.4 cm³/mol. The summed E-state index contributed by atoms with van der Waals surface area (Å²) in [7, 11) is 0. The Labute approximate surface area is 72.8 Å². The molecule has 1 aromatic carbocycles. The van der Waals surface area contributed by atoms with Gasteiger partial charge in [-0.2, -0.15) is 4.98 Å². The van der Waals surface area contributed by atoms with E-state index in [1.807, 2.05) is 0 Å². The molecule has 0 spiro atoms. The molecule has 13 heavy (non-hydrogen) atoms. The number of rotatable bonds is 0. The standard InChI is InChI=1S/C8H7N3O2/c9-7-6-4(10-8(13)11-7)2-1-3-5(6)12/h1-3,12H,(H3,9,10,11,13). The van der Waals surface area contributed by atoms with E-state index in [0.717, 1.165) is 0 Å². The van der Waals surface area contributed by atoms with Crippen LogP contribution in [0, 0.1) is 0 Å². The molecular weight excluding hydrogens is 170 g/mol. The van der Waals surface area contributed by atoms with E-state index >= 15 is 0 Å². The molecule has 2 aromatic rings. The van der Waals surface area contributed by atoms with Crippen LogP contribution in [0.1, 0.15) is 0 Å². The van der Waals surface area contributed by atoms with Crippen LogP contribution >= 0.6 is 0 Å². The van der Waals surface area contributed by atoms with Crippen molar-refractivity contribution in [1.82, 2.24) is 9.97 Å². The largest absolute Gasteiger partial charge is 0.507 e. The van der Waals surface area contributed by atoms with Crippen LogP contribution < -0.4 is 11.4 Å². The Balaban J connectivity index is 3.03. The SMILES string of the molecule is Nc1nc(=O)[nH]c2cccc(O)c12. The lowest BCUT2D eigenvalue weighted by Crippen LogP contribution is -2.12. The maximum atomic E-state index is 10.9.